The second-order valence-corrected chi connectivity index (χ2v) is 11.0. The van der Waals surface area contributed by atoms with Gasteiger partial charge in [0.2, 0.25) is 9.70 Å². The number of esters is 1. The summed E-state index contributed by atoms with van der Waals surface area (Å²) in [4.78, 5) is 25.2. The number of alkyl halides is 3. The molecule has 2 rings (SSSR count). The third kappa shape index (κ3) is 11.7. The Morgan fingerprint density at radius 2 is 1.86 bits per heavy atom. The Balaban J connectivity index is 2.01. The average Bonchev–Trinajstić information content (AvgIpc) is 2.85. The fourth-order valence-electron chi connectivity index (χ4n) is 3.07. The van der Waals surface area contributed by atoms with Crippen LogP contribution in [0.2, 0.25) is 5.02 Å². The van der Waals surface area contributed by atoms with E-state index in [0.717, 1.165) is 5.56 Å². The largest absolute Gasteiger partial charge is 0.495 e. The van der Waals surface area contributed by atoms with Crippen molar-refractivity contribution in [3.05, 3.63) is 76.8 Å². The monoisotopic (exact) mass is 585 g/mol. The minimum atomic E-state index is -1.80. The molecule has 0 aliphatic rings. The zero-order valence-corrected chi connectivity index (χ0v) is 23.2. The van der Waals surface area contributed by atoms with Gasteiger partial charge in [0.1, 0.15) is 18.4 Å². The molecule has 0 saturated carbocycles. The molecule has 2 aromatic carbocycles. The SMILES string of the molecule is COc1ccc(C[C@@H](NC(=O)/C=C/C[C@H](O)[C@H](C)C#Cc2ccccc2)C(=O)OCC(Cl)(Cl)Cl)cc1Cl. The van der Waals surface area contributed by atoms with Gasteiger partial charge in [-0.3, -0.25) is 4.79 Å². The van der Waals surface area contributed by atoms with Crippen LogP contribution in [0.5, 0.6) is 5.75 Å². The summed E-state index contributed by atoms with van der Waals surface area (Å²) < 4.78 is 8.40. The minimum Gasteiger partial charge on any atom is -0.495 e. The van der Waals surface area contributed by atoms with E-state index in [-0.39, 0.29) is 18.8 Å². The van der Waals surface area contributed by atoms with Gasteiger partial charge in [0.15, 0.2) is 0 Å². The van der Waals surface area contributed by atoms with Crippen LogP contribution in [-0.4, -0.2) is 46.6 Å². The lowest BCUT2D eigenvalue weighted by atomic mass is 10.0. The van der Waals surface area contributed by atoms with Crippen molar-refractivity contribution < 1.29 is 24.2 Å². The molecule has 2 aromatic rings. The van der Waals surface area contributed by atoms with Gasteiger partial charge in [-0.2, -0.15) is 0 Å². The van der Waals surface area contributed by atoms with Crippen molar-refractivity contribution in [2.24, 2.45) is 5.92 Å². The molecule has 0 bridgehead atoms. The zero-order valence-electron chi connectivity index (χ0n) is 20.2. The number of aliphatic hydroxyl groups excluding tert-OH is 1. The molecular formula is C27H27Cl4NO5. The van der Waals surface area contributed by atoms with Crippen LogP contribution in [0.15, 0.2) is 60.7 Å². The van der Waals surface area contributed by atoms with Crippen LogP contribution in [0.25, 0.3) is 0 Å². The van der Waals surface area contributed by atoms with Crippen LogP contribution in [0.3, 0.4) is 0 Å². The van der Waals surface area contributed by atoms with Gasteiger partial charge in [0.05, 0.1) is 18.2 Å². The number of methoxy groups -OCH3 is 1. The second kappa shape index (κ2) is 15.1. The molecule has 0 unspecified atom stereocenters. The number of hydrogen-bond acceptors (Lipinski definition) is 5. The summed E-state index contributed by atoms with van der Waals surface area (Å²) in [5, 5.41) is 13.3. The lowest BCUT2D eigenvalue weighted by Gasteiger charge is -2.19. The normalized spacial score (nSPS) is 13.7. The predicted octanol–water partition coefficient (Wildman–Crippen LogP) is 5.28. The molecule has 0 heterocycles. The van der Waals surface area contributed by atoms with E-state index in [0.29, 0.717) is 16.3 Å². The van der Waals surface area contributed by atoms with Crippen molar-refractivity contribution in [2.75, 3.05) is 13.7 Å². The fourth-order valence-corrected chi connectivity index (χ4v) is 3.52. The van der Waals surface area contributed by atoms with Gasteiger partial charge in [-0.1, -0.05) is 88.6 Å². The molecule has 3 atom stereocenters. The highest BCUT2D eigenvalue weighted by atomic mass is 35.6. The number of halogens is 4. The highest BCUT2D eigenvalue weighted by Gasteiger charge is 2.27. The maximum absolute atomic E-state index is 12.6. The van der Waals surface area contributed by atoms with E-state index in [4.69, 9.17) is 55.9 Å². The lowest BCUT2D eigenvalue weighted by Crippen LogP contribution is -2.43. The Kier molecular flexibility index (Phi) is 12.6. The number of benzene rings is 2. The molecule has 0 saturated heterocycles. The third-order valence-electron chi connectivity index (χ3n) is 5.08. The van der Waals surface area contributed by atoms with Gasteiger partial charge in [-0.15, -0.1) is 0 Å². The van der Waals surface area contributed by atoms with Crippen LogP contribution >= 0.6 is 46.4 Å². The van der Waals surface area contributed by atoms with Crippen molar-refractivity contribution in [3.8, 4) is 17.6 Å². The molecule has 10 heteroatoms. The Morgan fingerprint density at radius 1 is 1.16 bits per heavy atom. The van der Waals surface area contributed by atoms with E-state index in [2.05, 4.69) is 17.2 Å². The van der Waals surface area contributed by atoms with Crippen LogP contribution in [0, 0.1) is 17.8 Å². The first-order valence-electron chi connectivity index (χ1n) is 11.3. The molecule has 37 heavy (non-hydrogen) atoms. The van der Waals surface area contributed by atoms with E-state index in [1.54, 1.807) is 25.1 Å². The highest BCUT2D eigenvalue weighted by molar-refractivity contribution is 6.67. The molecule has 0 aliphatic heterocycles. The summed E-state index contributed by atoms with van der Waals surface area (Å²) in [7, 11) is 1.48. The molecule has 1 amide bonds. The smallest absolute Gasteiger partial charge is 0.329 e. The molecule has 2 N–H and O–H groups in total. The van der Waals surface area contributed by atoms with E-state index < -0.39 is 34.4 Å². The number of carbonyl (C=O) groups is 2. The van der Waals surface area contributed by atoms with Crippen molar-refractivity contribution >= 4 is 58.3 Å². The van der Waals surface area contributed by atoms with Gasteiger partial charge in [-0.05, 0) is 49.2 Å². The summed E-state index contributed by atoms with van der Waals surface area (Å²) in [6.07, 6.45) is 2.21. The zero-order chi connectivity index (χ0) is 27.4. The number of ether oxygens (including phenoxy) is 2. The molecule has 6 nitrogen and oxygen atoms in total. The van der Waals surface area contributed by atoms with Gasteiger partial charge >= 0.3 is 5.97 Å². The Morgan fingerprint density at radius 3 is 2.49 bits per heavy atom. The van der Waals surface area contributed by atoms with Gasteiger partial charge < -0.3 is 19.9 Å². The summed E-state index contributed by atoms with van der Waals surface area (Å²) in [6, 6.07) is 13.3. The van der Waals surface area contributed by atoms with E-state index >= 15 is 0 Å². The first kappa shape index (κ1) is 30.8. The number of carbonyl (C=O) groups excluding carboxylic acids is 2. The summed E-state index contributed by atoms with van der Waals surface area (Å²) in [5.41, 5.74) is 1.49. The topological polar surface area (TPSA) is 84.9 Å². The average molecular weight is 587 g/mol. The number of nitrogens with one attached hydrogen (secondary N) is 1. The third-order valence-corrected chi connectivity index (χ3v) is 5.70. The Hall–Kier alpha value is -2.40. The highest BCUT2D eigenvalue weighted by Crippen LogP contribution is 2.27. The molecule has 0 aliphatic carbocycles. The van der Waals surface area contributed by atoms with Crippen LogP contribution in [0.4, 0.5) is 0 Å². The van der Waals surface area contributed by atoms with Crippen molar-refractivity contribution in [1.29, 1.82) is 0 Å². The maximum atomic E-state index is 12.6. The molecule has 0 radical (unpaired) electrons. The first-order chi connectivity index (χ1) is 17.5. The maximum Gasteiger partial charge on any atom is 0.329 e. The lowest BCUT2D eigenvalue weighted by molar-refractivity contribution is -0.147. The number of rotatable bonds is 10. The molecule has 0 spiro atoms. The summed E-state index contributed by atoms with van der Waals surface area (Å²) >= 11 is 23.2. The van der Waals surface area contributed by atoms with Crippen molar-refractivity contribution in [2.45, 2.75) is 35.7 Å². The minimum absolute atomic E-state index is 0.0662. The first-order valence-corrected chi connectivity index (χ1v) is 12.8. The number of aliphatic hydroxyl groups is 1. The predicted molar refractivity (Wildman–Crippen MR) is 147 cm³/mol. The fraction of sp³-hybridized carbons (Fsp3) is 0.333. The van der Waals surface area contributed by atoms with Gasteiger partial charge in [0, 0.05) is 17.9 Å². The second-order valence-electron chi connectivity index (χ2n) is 8.09. The molecule has 0 aromatic heterocycles. The Bertz CT molecular complexity index is 1140. The molecule has 0 fully saturated rings. The van der Waals surface area contributed by atoms with Crippen LogP contribution < -0.4 is 10.1 Å². The van der Waals surface area contributed by atoms with Crippen molar-refractivity contribution in [1.82, 2.24) is 5.32 Å². The summed E-state index contributed by atoms with van der Waals surface area (Å²) in [5.74, 6) is 4.81. The van der Waals surface area contributed by atoms with Crippen molar-refractivity contribution in [3.63, 3.8) is 0 Å². The molecule has 198 valence electrons. The van der Waals surface area contributed by atoms with E-state index in [1.165, 1.54) is 19.3 Å². The Labute approximate surface area is 236 Å². The number of amides is 1. The van der Waals surface area contributed by atoms with E-state index in [1.807, 2.05) is 30.3 Å². The van der Waals surface area contributed by atoms with Crippen LogP contribution in [-0.2, 0) is 20.7 Å². The summed E-state index contributed by atoms with van der Waals surface area (Å²) in [6.45, 7) is 1.31. The molecular weight excluding hydrogens is 560 g/mol. The number of hydrogen-bond donors (Lipinski definition) is 2. The van der Waals surface area contributed by atoms with Gasteiger partial charge in [0.25, 0.3) is 0 Å². The van der Waals surface area contributed by atoms with Gasteiger partial charge in [-0.25, -0.2) is 4.79 Å². The standard InChI is InChI=1S/C27H27Cl4NO5/c1-18(11-12-19-7-4-3-5-8-19)23(33)9-6-10-25(34)32-22(26(35)37-17-27(29,30)31)16-20-13-14-24(36-2)21(28)15-20/h3-8,10,13-15,18,22-23,33H,9,16-17H2,1-2H3,(H,32,34)/b10-6+/t18-,22-,23+/m1/s1. The van der Waals surface area contributed by atoms with Crippen LogP contribution in [0.1, 0.15) is 24.5 Å². The van der Waals surface area contributed by atoms with E-state index in [9.17, 15) is 14.7 Å². The quantitative estimate of drug-likeness (QED) is 0.171.